The number of hydrogen-bond acceptors (Lipinski definition) is 3. The molecule has 2 N–H and O–H groups in total. The van der Waals surface area contributed by atoms with E-state index < -0.39 is 0 Å². The van der Waals surface area contributed by atoms with Crippen molar-refractivity contribution in [1.82, 2.24) is 0 Å². The van der Waals surface area contributed by atoms with E-state index in [9.17, 15) is 4.79 Å². The summed E-state index contributed by atoms with van der Waals surface area (Å²) in [6.45, 7) is 3.97. The van der Waals surface area contributed by atoms with Crippen LogP contribution in [0.1, 0.15) is 15.9 Å². The second-order valence-corrected chi connectivity index (χ2v) is 7.10. The maximum Gasteiger partial charge on any atom is 0.213 e. The van der Waals surface area contributed by atoms with Crippen LogP contribution in [0.4, 0.5) is 5.69 Å². The van der Waals surface area contributed by atoms with Crippen molar-refractivity contribution >= 4 is 22.4 Å². The number of fused-ring (bicyclic) bond motifs is 1. The maximum absolute atomic E-state index is 13.3. The molecule has 0 bridgehead atoms. The summed E-state index contributed by atoms with van der Waals surface area (Å²) < 4.78 is 5.45. The number of ketones is 1. The number of methoxy groups -OCH3 is 1. The van der Waals surface area contributed by atoms with Crippen molar-refractivity contribution in [2.45, 2.75) is 0 Å². The van der Waals surface area contributed by atoms with Crippen LogP contribution in [-0.4, -0.2) is 46.1 Å². The summed E-state index contributed by atoms with van der Waals surface area (Å²) in [5.74, 6) is 0.832. The quantitative estimate of drug-likeness (QED) is 0.710. The fourth-order valence-corrected chi connectivity index (χ4v) is 3.71. The first-order valence-electron chi connectivity index (χ1n) is 9.36. The third kappa shape index (κ3) is 3.38. The zero-order valence-corrected chi connectivity index (χ0v) is 15.8. The van der Waals surface area contributed by atoms with Crippen LogP contribution in [0.2, 0.25) is 0 Å². The molecule has 1 aliphatic heterocycles. The first kappa shape index (κ1) is 17.5. The van der Waals surface area contributed by atoms with E-state index in [0.29, 0.717) is 11.1 Å². The molecule has 3 aromatic rings. The van der Waals surface area contributed by atoms with Crippen LogP contribution in [0.5, 0.6) is 5.75 Å². The summed E-state index contributed by atoms with van der Waals surface area (Å²) in [7, 11) is 3.88. The van der Waals surface area contributed by atoms with Gasteiger partial charge in [0.1, 0.15) is 11.3 Å². The van der Waals surface area contributed by atoms with Gasteiger partial charge >= 0.3 is 0 Å². The fraction of sp³-hybridized carbons (Fsp3) is 0.273. The summed E-state index contributed by atoms with van der Waals surface area (Å²) >= 11 is 0. The Bertz CT molecular complexity index is 964. The Morgan fingerprint density at radius 3 is 2.56 bits per heavy atom. The predicted octanol–water partition coefficient (Wildman–Crippen LogP) is 1.23. The molecule has 4 rings (SSSR count). The molecule has 0 amide bonds. The van der Waals surface area contributed by atoms with Gasteiger partial charge < -0.3 is 14.5 Å². The molecule has 5 nitrogen and oxygen atoms in total. The van der Waals surface area contributed by atoms with Gasteiger partial charge in [0.15, 0.2) is 6.20 Å². The minimum atomic E-state index is 0.0397. The number of ether oxygens (including phenoxy) is 1. The maximum atomic E-state index is 13.3. The largest absolute Gasteiger partial charge is 0.497 e. The van der Waals surface area contributed by atoms with Gasteiger partial charge in [-0.2, -0.15) is 0 Å². The van der Waals surface area contributed by atoms with Crippen molar-refractivity contribution in [2.24, 2.45) is 0 Å². The first-order chi connectivity index (χ1) is 13.2. The van der Waals surface area contributed by atoms with Gasteiger partial charge in [-0.3, -0.25) is 4.79 Å². The van der Waals surface area contributed by atoms with E-state index in [4.69, 9.17) is 4.74 Å². The number of aromatic amines is 1. The number of piperazine rings is 1. The average molecular weight is 363 g/mol. The molecule has 0 saturated carbocycles. The highest BCUT2D eigenvalue weighted by atomic mass is 16.5. The van der Waals surface area contributed by atoms with E-state index in [1.165, 1.54) is 4.90 Å². The van der Waals surface area contributed by atoms with Gasteiger partial charge in [-0.15, -0.1) is 0 Å². The second kappa shape index (κ2) is 7.37. The number of pyridine rings is 1. The molecular formula is C22H25N3O2+2. The highest BCUT2D eigenvalue weighted by molar-refractivity contribution is 6.15. The number of likely N-dealkylation sites (N-methyl/N-ethyl adjacent to an activating group) is 1. The number of carbonyl (C=O) groups is 1. The molecule has 0 spiro atoms. The topological polar surface area (TPSA) is 48.1 Å². The Kier molecular flexibility index (Phi) is 4.77. The van der Waals surface area contributed by atoms with Crippen LogP contribution < -0.4 is 19.5 Å². The van der Waals surface area contributed by atoms with Crippen molar-refractivity contribution in [3.8, 4) is 5.75 Å². The molecule has 0 radical (unpaired) electrons. The molecule has 138 valence electrons. The van der Waals surface area contributed by atoms with Crippen molar-refractivity contribution < 1.29 is 19.4 Å². The highest BCUT2D eigenvalue weighted by Gasteiger charge is 2.27. The lowest BCUT2D eigenvalue weighted by Gasteiger charge is -2.33. The Labute approximate surface area is 159 Å². The van der Waals surface area contributed by atoms with E-state index in [-0.39, 0.29) is 5.78 Å². The van der Waals surface area contributed by atoms with Crippen LogP contribution in [0.25, 0.3) is 10.9 Å². The molecule has 27 heavy (non-hydrogen) atoms. The molecular weight excluding hydrogens is 338 g/mol. The number of quaternary nitrogens is 1. The van der Waals surface area contributed by atoms with Gasteiger partial charge in [0, 0.05) is 11.6 Å². The zero-order chi connectivity index (χ0) is 18.8. The molecule has 5 heteroatoms. The summed E-state index contributed by atoms with van der Waals surface area (Å²) in [6.07, 6.45) is 1.85. The van der Waals surface area contributed by atoms with E-state index in [1.54, 1.807) is 7.11 Å². The number of rotatable bonds is 4. The van der Waals surface area contributed by atoms with Gasteiger partial charge in [-0.25, -0.2) is 4.98 Å². The van der Waals surface area contributed by atoms with Gasteiger partial charge in [-0.05, 0) is 12.1 Å². The number of carbonyl (C=O) groups excluding carboxylic acids is 1. The lowest BCUT2D eigenvalue weighted by molar-refractivity contribution is -0.880. The molecule has 2 heterocycles. The Morgan fingerprint density at radius 2 is 1.85 bits per heavy atom. The van der Waals surface area contributed by atoms with Crippen LogP contribution >= 0.6 is 0 Å². The normalized spacial score (nSPS) is 15.1. The first-order valence-corrected chi connectivity index (χ1v) is 9.36. The van der Waals surface area contributed by atoms with E-state index in [2.05, 4.69) is 16.9 Å². The third-order valence-corrected chi connectivity index (χ3v) is 5.32. The monoisotopic (exact) mass is 363 g/mol. The molecule has 0 unspecified atom stereocenters. The molecule has 1 saturated heterocycles. The van der Waals surface area contributed by atoms with Crippen LogP contribution in [0.15, 0.2) is 54.7 Å². The minimum absolute atomic E-state index is 0.0397. The van der Waals surface area contributed by atoms with Crippen molar-refractivity contribution in [2.75, 3.05) is 45.2 Å². The van der Waals surface area contributed by atoms with Crippen molar-refractivity contribution in [3.05, 3.63) is 65.9 Å². The fourth-order valence-electron chi connectivity index (χ4n) is 3.71. The minimum Gasteiger partial charge on any atom is -0.497 e. The lowest BCUT2D eigenvalue weighted by Crippen LogP contribution is -3.12. The Morgan fingerprint density at radius 1 is 1.11 bits per heavy atom. The molecule has 2 aromatic carbocycles. The number of nitrogens with one attached hydrogen (secondary N) is 2. The predicted molar refractivity (Wildman–Crippen MR) is 106 cm³/mol. The third-order valence-electron chi connectivity index (χ3n) is 5.32. The number of anilines is 1. The number of hydrogen-bond donors (Lipinski definition) is 1. The molecule has 1 aromatic heterocycles. The molecule has 1 fully saturated rings. The SMILES string of the molecule is COc1ccc2[nH+]cc(C(=O)c3ccccc3)c(N3CC[NH+](C)CC3)c2c1. The smallest absolute Gasteiger partial charge is 0.213 e. The number of nitrogens with zero attached hydrogens (tertiary/aromatic N) is 1. The summed E-state index contributed by atoms with van der Waals surface area (Å²) in [5.41, 5.74) is 3.42. The number of aromatic nitrogens is 1. The van der Waals surface area contributed by atoms with Crippen LogP contribution in [-0.2, 0) is 0 Å². The van der Waals surface area contributed by atoms with Crippen molar-refractivity contribution in [1.29, 1.82) is 0 Å². The van der Waals surface area contributed by atoms with Gasteiger partial charge in [-0.1, -0.05) is 30.3 Å². The van der Waals surface area contributed by atoms with Gasteiger partial charge in [0.05, 0.1) is 51.4 Å². The van der Waals surface area contributed by atoms with Gasteiger partial charge in [0.2, 0.25) is 11.3 Å². The standard InChI is InChI=1S/C22H23N3O2/c1-24-10-12-25(13-11-24)21-18-14-17(27-2)8-9-20(18)23-15-19(21)22(26)16-6-4-3-5-7-16/h3-9,14-15H,10-13H2,1-2H3/p+2. The van der Waals surface area contributed by atoms with Crippen LogP contribution in [0, 0.1) is 0 Å². The molecule has 1 aliphatic rings. The Hall–Kier alpha value is -2.92. The summed E-state index contributed by atoms with van der Waals surface area (Å²) in [5, 5.41) is 1.02. The van der Waals surface area contributed by atoms with Gasteiger partial charge in [0.25, 0.3) is 0 Å². The van der Waals surface area contributed by atoms with E-state index >= 15 is 0 Å². The lowest BCUT2D eigenvalue weighted by atomic mass is 9.99. The van der Waals surface area contributed by atoms with Crippen molar-refractivity contribution in [3.63, 3.8) is 0 Å². The Balaban J connectivity index is 1.89. The summed E-state index contributed by atoms with van der Waals surface area (Å²) in [4.78, 5) is 20.5. The van der Waals surface area contributed by atoms with E-state index in [0.717, 1.165) is 48.5 Å². The average Bonchev–Trinajstić information content (AvgIpc) is 2.73. The van der Waals surface area contributed by atoms with E-state index in [1.807, 2.05) is 54.7 Å². The number of benzene rings is 2. The second-order valence-electron chi connectivity index (χ2n) is 7.10. The number of H-pyrrole nitrogens is 1. The summed E-state index contributed by atoms with van der Waals surface area (Å²) in [6, 6.07) is 15.4. The molecule has 0 aliphatic carbocycles. The van der Waals surface area contributed by atoms with Crippen LogP contribution in [0.3, 0.4) is 0 Å². The molecule has 0 atom stereocenters. The highest BCUT2D eigenvalue weighted by Crippen LogP contribution is 2.32. The zero-order valence-electron chi connectivity index (χ0n) is 15.8.